The molecule has 0 heterocycles. The Labute approximate surface area is 115 Å². The summed E-state index contributed by atoms with van der Waals surface area (Å²) in [6, 6.07) is 7.70. The van der Waals surface area contributed by atoms with Crippen LogP contribution in [-0.4, -0.2) is 17.6 Å². The molecule has 2 fully saturated rings. The molecule has 1 unspecified atom stereocenters. The van der Waals surface area contributed by atoms with Gasteiger partial charge in [-0.05, 0) is 43.4 Å². The Kier molecular flexibility index (Phi) is 2.58. The predicted molar refractivity (Wildman–Crippen MR) is 71.9 cm³/mol. The zero-order valence-corrected chi connectivity index (χ0v) is 11.8. The average Bonchev–Trinajstić information content (AvgIpc) is 3.17. The van der Waals surface area contributed by atoms with Crippen LogP contribution >= 0.6 is 15.9 Å². The summed E-state index contributed by atoms with van der Waals surface area (Å²) in [5.74, 6) is 0.715. The summed E-state index contributed by atoms with van der Waals surface area (Å²) in [6.07, 6.45) is 2.05. The van der Waals surface area contributed by atoms with Gasteiger partial charge in [0.1, 0.15) is 0 Å². The van der Waals surface area contributed by atoms with E-state index >= 15 is 0 Å². The normalized spacial score (nSPS) is 31.2. The third-order valence-corrected chi connectivity index (χ3v) is 4.80. The van der Waals surface area contributed by atoms with Gasteiger partial charge in [-0.1, -0.05) is 28.1 Å². The molecule has 0 spiro atoms. The molecule has 3 rings (SSSR count). The van der Waals surface area contributed by atoms with Crippen molar-refractivity contribution in [3.05, 3.63) is 34.3 Å². The van der Waals surface area contributed by atoms with Gasteiger partial charge >= 0.3 is 0 Å². The smallest absolute Gasteiger partial charge is 0.227 e. The van der Waals surface area contributed by atoms with Crippen LogP contribution in [0.1, 0.15) is 25.3 Å². The summed E-state index contributed by atoms with van der Waals surface area (Å²) in [5, 5.41) is 12.7. The van der Waals surface area contributed by atoms with Gasteiger partial charge in [0, 0.05) is 4.47 Å². The molecular formula is C14H16BrNO2. The number of halogens is 1. The van der Waals surface area contributed by atoms with E-state index in [0.29, 0.717) is 5.92 Å². The van der Waals surface area contributed by atoms with E-state index in [1.165, 1.54) is 0 Å². The molecule has 2 aliphatic carbocycles. The minimum atomic E-state index is -0.703. The first-order chi connectivity index (χ1) is 8.50. The third kappa shape index (κ3) is 1.79. The number of hydrogen-bond donors (Lipinski definition) is 2. The summed E-state index contributed by atoms with van der Waals surface area (Å²) < 4.78 is 0.947. The highest BCUT2D eigenvalue weighted by Crippen LogP contribution is 2.75. The van der Waals surface area contributed by atoms with Gasteiger partial charge in [0.25, 0.3) is 0 Å². The van der Waals surface area contributed by atoms with Crippen LogP contribution in [0, 0.1) is 11.3 Å². The van der Waals surface area contributed by atoms with E-state index in [1.807, 2.05) is 31.2 Å². The fourth-order valence-electron chi connectivity index (χ4n) is 2.48. The van der Waals surface area contributed by atoms with Crippen LogP contribution in [0.2, 0.25) is 0 Å². The van der Waals surface area contributed by atoms with Crippen molar-refractivity contribution in [1.82, 2.24) is 5.32 Å². The number of benzene rings is 1. The lowest BCUT2D eigenvalue weighted by Crippen LogP contribution is -2.48. The second-order valence-corrected chi connectivity index (χ2v) is 6.63. The first-order valence-electron chi connectivity index (χ1n) is 6.20. The lowest BCUT2D eigenvalue weighted by molar-refractivity contribution is -0.126. The monoisotopic (exact) mass is 309 g/mol. The van der Waals surface area contributed by atoms with Gasteiger partial charge in [-0.25, -0.2) is 0 Å². The topological polar surface area (TPSA) is 49.3 Å². The predicted octanol–water partition coefficient (Wildman–Crippen LogP) is 2.18. The van der Waals surface area contributed by atoms with Crippen LogP contribution in [0.25, 0.3) is 0 Å². The molecule has 2 N–H and O–H groups in total. The van der Waals surface area contributed by atoms with Gasteiger partial charge < -0.3 is 10.4 Å². The number of carbonyl (C=O) groups excluding carboxylic acids is 1. The number of carbonyl (C=O) groups is 1. The van der Waals surface area contributed by atoms with Crippen molar-refractivity contribution in [2.24, 2.45) is 11.3 Å². The van der Waals surface area contributed by atoms with Crippen molar-refractivity contribution < 1.29 is 9.90 Å². The highest BCUT2D eigenvalue weighted by Gasteiger charge is 2.74. The van der Waals surface area contributed by atoms with Crippen LogP contribution in [0.15, 0.2) is 28.7 Å². The van der Waals surface area contributed by atoms with Gasteiger partial charge in [-0.2, -0.15) is 0 Å². The van der Waals surface area contributed by atoms with Crippen molar-refractivity contribution in [2.45, 2.75) is 25.3 Å². The van der Waals surface area contributed by atoms with Crippen LogP contribution in [0.5, 0.6) is 0 Å². The molecule has 4 heteroatoms. The lowest BCUT2D eigenvalue weighted by Gasteiger charge is -2.30. The molecule has 2 aliphatic rings. The average molecular weight is 310 g/mol. The molecule has 1 amide bonds. The molecule has 0 aromatic heterocycles. The second-order valence-electron chi connectivity index (χ2n) is 5.72. The molecular weight excluding hydrogens is 294 g/mol. The van der Waals surface area contributed by atoms with Crippen LogP contribution in [0.4, 0.5) is 0 Å². The van der Waals surface area contributed by atoms with Gasteiger partial charge in [0.15, 0.2) is 0 Å². The molecule has 1 atom stereocenters. The first-order valence-corrected chi connectivity index (χ1v) is 6.99. The van der Waals surface area contributed by atoms with Crippen LogP contribution < -0.4 is 5.32 Å². The number of aliphatic hydroxyl groups is 1. The molecule has 0 bridgehead atoms. The Morgan fingerprint density at radius 3 is 2.78 bits per heavy atom. The molecule has 0 aliphatic heterocycles. The Morgan fingerprint density at radius 2 is 2.28 bits per heavy atom. The van der Waals surface area contributed by atoms with Crippen molar-refractivity contribution >= 4 is 21.8 Å². The molecule has 1 aromatic carbocycles. The number of nitrogens with one attached hydrogen (secondary N) is 1. The first kappa shape index (κ1) is 12.2. The Hall–Kier alpha value is -0.870. The van der Waals surface area contributed by atoms with Gasteiger partial charge in [0.05, 0.1) is 17.6 Å². The maximum absolute atomic E-state index is 12.2. The molecule has 96 valence electrons. The van der Waals surface area contributed by atoms with Crippen molar-refractivity contribution in [3.63, 3.8) is 0 Å². The molecule has 2 saturated carbocycles. The van der Waals surface area contributed by atoms with Crippen LogP contribution in [-0.2, 0) is 10.3 Å². The number of hydrogen-bond acceptors (Lipinski definition) is 2. The fraction of sp³-hybridized carbons (Fsp3) is 0.500. The minimum absolute atomic E-state index is 0.0670. The second kappa shape index (κ2) is 3.81. The van der Waals surface area contributed by atoms with E-state index in [2.05, 4.69) is 21.2 Å². The van der Waals surface area contributed by atoms with E-state index in [9.17, 15) is 9.90 Å². The fourth-order valence-corrected chi connectivity index (χ4v) is 2.88. The van der Waals surface area contributed by atoms with Crippen LogP contribution in [0.3, 0.4) is 0 Å². The standard InChI is InChI=1S/C14H16BrNO2/c1-13(8-17,9-3-2-4-11(15)5-9)16-12(18)14-6-10(14)7-14/h2-5,10,17H,6-8H2,1H3,(H,16,18). The number of aliphatic hydroxyl groups excluding tert-OH is 1. The quantitative estimate of drug-likeness (QED) is 0.895. The Morgan fingerprint density at radius 1 is 1.61 bits per heavy atom. The van der Waals surface area contributed by atoms with Crippen molar-refractivity contribution in [1.29, 1.82) is 0 Å². The summed E-state index contributed by atoms with van der Waals surface area (Å²) in [4.78, 5) is 12.2. The van der Waals surface area contributed by atoms with E-state index in [0.717, 1.165) is 22.9 Å². The SMILES string of the molecule is CC(CO)(NC(=O)C12CC1C2)c1cccc(Br)c1. The van der Waals surface area contributed by atoms with Gasteiger partial charge in [-0.15, -0.1) is 0 Å². The van der Waals surface area contributed by atoms with Crippen molar-refractivity contribution in [3.8, 4) is 0 Å². The number of amides is 1. The lowest BCUT2D eigenvalue weighted by atomic mass is 9.92. The minimum Gasteiger partial charge on any atom is -0.394 e. The number of rotatable bonds is 4. The van der Waals surface area contributed by atoms with E-state index < -0.39 is 5.54 Å². The maximum Gasteiger partial charge on any atom is 0.227 e. The zero-order valence-electron chi connectivity index (χ0n) is 10.2. The zero-order chi connectivity index (χ0) is 13.0. The molecule has 0 saturated heterocycles. The largest absolute Gasteiger partial charge is 0.394 e. The highest BCUT2D eigenvalue weighted by atomic mass is 79.9. The van der Waals surface area contributed by atoms with E-state index in [-0.39, 0.29) is 17.9 Å². The Bertz CT molecular complexity index is 510. The summed E-state index contributed by atoms with van der Waals surface area (Å²) >= 11 is 3.42. The highest BCUT2D eigenvalue weighted by molar-refractivity contribution is 9.10. The molecule has 1 aromatic rings. The summed E-state index contributed by atoms with van der Waals surface area (Å²) in [6.45, 7) is 1.76. The van der Waals surface area contributed by atoms with Gasteiger partial charge in [0.2, 0.25) is 5.91 Å². The molecule has 0 radical (unpaired) electrons. The molecule has 3 nitrogen and oxygen atoms in total. The third-order valence-electron chi connectivity index (χ3n) is 4.30. The van der Waals surface area contributed by atoms with E-state index in [4.69, 9.17) is 0 Å². The van der Waals surface area contributed by atoms with Gasteiger partial charge in [-0.3, -0.25) is 4.79 Å². The molecule has 18 heavy (non-hydrogen) atoms. The summed E-state index contributed by atoms with van der Waals surface area (Å²) in [7, 11) is 0. The van der Waals surface area contributed by atoms with Crippen molar-refractivity contribution in [2.75, 3.05) is 6.61 Å². The van der Waals surface area contributed by atoms with E-state index in [1.54, 1.807) is 0 Å². The number of fused-ring (bicyclic) bond motifs is 1. The Balaban J connectivity index is 1.82. The maximum atomic E-state index is 12.2. The summed E-state index contributed by atoms with van der Waals surface area (Å²) in [5.41, 5.74) is 0.148.